The van der Waals surface area contributed by atoms with Crippen LogP contribution in [0.15, 0.2) is 30.6 Å². The molecule has 11 heteroatoms. The first-order valence-corrected chi connectivity index (χ1v) is 10.5. The highest BCUT2D eigenvalue weighted by Gasteiger charge is 2.22. The lowest BCUT2D eigenvalue weighted by Gasteiger charge is -2.34. The van der Waals surface area contributed by atoms with Crippen molar-refractivity contribution in [1.82, 2.24) is 14.9 Å². The van der Waals surface area contributed by atoms with Crippen LogP contribution in [0, 0.1) is 11.2 Å². The second-order valence-corrected chi connectivity index (χ2v) is 7.52. The first-order valence-electron chi connectivity index (χ1n) is 10.5. The van der Waals surface area contributed by atoms with Crippen LogP contribution in [0.25, 0.3) is 11.1 Å². The van der Waals surface area contributed by atoms with Gasteiger partial charge in [0.15, 0.2) is 0 Å². The first-order chi connectivity index (χ1) is 15.9. The largest absolute Gasteiger partial charge is 0.460 e. The minimum Gasteiger partial charge on any atom is -0.460 e. The van der Waals surface area contributed by atoms with Crippen molar-refractivity contribution < 1.29 is 23.5 Å². The Morgan fingerprint density at radius 2 is 1.88 bits per heavy atom. The summed E-state index contributed by atoms with van der Waals surface area (Å²) in [6.07, 6.45) is 3.11. The Morgan fingerprint density at radius 3 is 2.52 bits per heavy atom. The number of amides is 1. The van der Waals surface area contributed by atoms with Crippen LogP contribution in [0.1, 0.15) is 18.4 Å². The molecule has 0 atom stereocenters. The highest BCUT2D eigenvalue weighted by atomic mass is 19.1. The van der Waals surface area contributed by atoms with Gasteiger partial charge >= 0.3 is 5.97 Å². The van der Waals surface area contributed by atoms with Crippen molar-refractivity contribution in [3.8, 4) is 11.1 Å². The number of amidine groups is 1. The maximum atomic E-state index is 15.0. The van der Waals surface area contributed by atoms with Crippen LogP contribution in [0.5, 0.6) is 0 Å². The Morgan fingerprint density at radius 1 is 1.18 bits per heavy atom. The zero-order valence-electron chi connectivity index (χ0n) is 18.4. The topological polar surface area (TPSA) is 135 Å². The van der Waals surface area contributed by atoms with Crippen molar-refractivity contribution in [2.75, 3.05) is 44.8 Å². The van der Waals surface area contributed by atoms with E-state index in [4.69, 9.17) is 20.6 Å². The molecule has 0 bridgehead atoms. The summed E-state index contributed by atoms with van der Waals surface area (Å²) in [5.41, 5.74) is 6.14. The summed E-state index contributed by atoms with van der Waals surface area (Å²) in [6.45, 7) is 2.50. The predicted molar refractivity (Wildman–Crippen MR) is 119 cm³/mol. The van der Waals surface area contributed by atoms with Gasteiger partial charge in [-0.15, -0.1) is 0 Å². The normalized spacial score (nSPS) is 13.6. The number of esters is 1. The van der Waals surface area contributed by atoms with Crippen molar-refractivity contribution in [1.29, 1.82) is 5.41 Å². The molecule has 1 amide bonds. The standard InChI is InChI=1S/C22H27FN6O4/c1-32-10-5-19(30)28-6-8-29(9-7-28)22-26-12-16(13-27-22)17-4-2-3-15(21(17)23)14-33-20(31)11-18(24)25/h2-4,12-13H,5-11,14H2,1H3,(H3,24,25). The molecule has 0 unspecified atom stereocenters. The van der Waals surface area contributed by atoms with Crippen molar-refractivity contribution in [3.05, 3.63) is 42.0 Å². The smallest absolute Gasteiger partial charge is 0.313 e. The number of nitrogens with zero attached hydrogens (tertiary/aromatic N) is 4. The Hall–Kier alpha value is -3.60. The summed E-state index contributed by atoms with van der Waals surface area (Å²) < 4.78 is 24.9. The summed E-state index contributed by atoms with van der Waals surface area (Å²) >= 11 is 0. The molecule has 3 rings (SSSR count). The van der Waals surface area contributed by atoms with Crippen LogP contribution >= 0.6 is 0 Å². The van der Waals surface area contributed by atoms with Gasteiger partial charge in [0.05, 0.1) is 13.0 Å². The van der Waals surface area contributed by atoms with Crippen LogP contribution in [0.2, 0.25) is 0 Å². The molecule has 1 aliphatic rings. The lowest BCUT2D eigenvalue weighted by Crippen LogP contribution is -2.49. The fourth-order valence-electron chi connectivity index (χ4n) is 3.41. The Bertz CT molecular complexity index is 993. The van der Waals surface area contributed by atoms with Gasteiger partial charge in [0.1, 0.15) is 24.7 Å². The Labute approximate surface area is 191 Å². The molecule has 1 fully saturated rings. The fraction of sp³-hybridized carbons (Fsp3) is 0.409. The van der Waals surface area contributed by atoms with E-state index in [1.54, 1.807) is 36.5 Å². The summed E-state index contributed by atoms with van der Waals surface area (Å²) in [6, 6.07) is 4.77. The van der Waals surface area contributed by atoms with E-state index in [1.165, 1.54) is 6.07 Å². The molecular weight excluding hydrogens is 431 g/mol. The van der Waals surface area contributed by atoms with Gasteiger partial charge in [-0.25, -0.2) is 14.4 Å². The number of rotatable bonds is 9. The van der Waals surface area contributed by atoms with E-state index in [1.807, 2.05) is 4.90 Å². The number of carbonyl (C=O) groups is 2. The third kappa shape index (κ3) is 6.45. The van der Waals surface area contributed by atoms with E-state index in [2.05, 4.69) is 9.97 Å². The maximum Gasteiger partial charge on any atom is 0.313 e. The Kier molecular flexibility index (Phi) is 8.25. The number of hydrogen-bond donors (Lipinski definition) is 2. The lowest BCUT2D eigenvalue weighted by atomic mass is 10.1. The van der Waals surface area contributed by atoms with E-state index >= 15 is 0 Å². The van der Waals surface area contributed by atoms with Gasteiger partial charge in [-0.2, -0.15) is 0 Å². The minimum atomic E-state index is -0.694. The van der Waals surface area contributed by atoms with Gasteiger partial charge < -0.3 is 25.0 Å². The highest BCUT2D eigenvalue weighted by molar-refractivity contribution is 5.94. The average Bonchev–Trinajstić information content (AvgIpc) is 2.82. The quantitative estimate of drug-likeness (QED) is 0.327. The molecule has 0 saturated carbocycles. The molecular formula is C22H27FN6O4. The molecule has 2 aromatic rings. The van der Waals surface area contributed by atoms with Crippen LogP contribution in [-0.2, 0) is 25.7 Å². The number of ether oxygens (including phenoxy) is 2. The van der Waals surface area contributed by atoms with Crippen molar-refractivity contribution >= 4 is 23.7 Å². The summed E-state index contributed by atoms with van der Waals surface area (Å²) in [7, 11) is 1.57. The van der Waals surface area contributed by atoms with Crippen LogP contribution in [-0.4, -0.2) is 72.5 Å². The van der Waals surface area contributed by atoms with Gasteiger partial charge in [0, 0.05) is 62.4 Å². The number of piperazine rings is 1. The number of hydrogen-bond acceptors (Lipinski definition) is 8. The maximum absolute atomic E-state index is 15.0. The van der Waals surface area contributed by atoms with Crippen molar-refractivity contribution in [3.63, 3.8) is 0 Å². The van der Waals surface area contributed by atoms with E-state index in [0.717, 1.165) is 0 Å². The van der Waals surface area contributed by atoms with Crippen LogP contribution in [0.3, 0.4) is 0 Å². The number of carbonyl (C=O) groups excluding carboxylic acids is 2. The van der Waals surface area contributed by atoms with Gasteiger partial charge in [0.25, 0.3) is 0 Å². The zero-order valence-corrected chi connectivity index (χ0v) is 18.4. The molecule has 3 N–H and O–H groups in total. The number of benzene rings is 1. The third-order valence-corrected chi connectivity index (χ3v) is 5.19. The molecule has 1 aromatic heterocycles. The van der Waals surface area contributed by atoms with Crippen LogP contribution < -0.4 is 10.6 Å². The molecule has 1 saturated heterocycles. The fourth-order valence-corrected chi connectivity index (χ4v) is 3.41. The van der Waals surface area contributed by atoms with E-state index in [9.17, 15) is 14.0 Å². The number of methoxy groups -OCH3 is 1. The summed E-state index contributed by atoms with van der Waals surface area (Å²) in [5, 5.41) is 7.10. The highest BCUT2D eigenvalue weighted by Crippen LogP contribution is 2.25. The molecule has 1 aliphatic heterocycles. The zero-order chi connectivity index (χ0) is 23.8. The van der Waals surface area contributed by atoms with Crippen molar-refractivity contribution in [2.24, 2.45) is 5.73 Å². The van der Waals surface area contributed by atoms with E-state index < -0.39 is 11.8 Å². The first kappa shape index (κ1) is 24.1. The minimum absolute atomic E-state index is 0.0649. The average molecular weight is 458 g/mol. The Balaban J connectivity index is 1.62. The van der Waals surface area contributed by atoms with Gasteiger partial charge in [0.2, 0.25) is 11.9 Å². The molecule has 10 nitrogen and oxygen atoms in total. The number of aromatic nitrogens is 2. The summed E-state index contributed by atoms with van der Waals surface area (Å²) in [4.78, 5) is 36.2. The molecule has 33 heavy (non-hydrogen) atoms. The number of halogens is 1. The number of anilines is 1. The monoisotopic (exact) mass is 458 g/mol. The lowest BCUT2D eigenvalue weighted by molar-refractivity contribution is -0.143. The van der Waals surface area contributed by atoms with E-state index in [-0.39, 0.29) is 35.9 Å². The van der Waals surface area contributed by atoms with Gasteiger partial charge in [-0.05, 0) is 0 Å². The van der Waals surface area contributed by atoms with Gasteiger partial charge in [-0.3, -0.25) is 15.0 Å². The molecule has 0 aliphatic carbocycles. The van der Waals surface area contributed by atoms with E-state index in [0.29, 0.717) is 50.7 Å². The SMILES string of the molecule is COCCC(=O)N1CCN(c2ncc(-c3cccc(COC(=O)CC(=N)N)c3F)cn2)CC1. The molecule has 0 radical (unpaired) electrons. The summed E-state index contributed by atoms with van der Waals surface area (Å²) in [5.74, 6) is -0.966. The third-order valence-electron chi connectivity index (χ3n) is 5.19. The van der Waals surface area contributed by atoms with Gasteiger partial charge in [-0.1, -0.05) is 18.2 Å². The van der Waals surface area contributed by atoms with Crippen LogP contribution in [0.4, 0.5) is 10.3 Å². The number of nitrogens with one attached hydrogen (secondary N) is 1. The predicted octanol–water partition coefficient (Wildman–Crippen LogP) is 1.34. The molecule has 176 valence electrons. The van der Waals surface area contributed by atoms with Crippen molar-refractivity contribution in [2.45, 2.75) is 19.4 Å². The second kappa shape index (κ2) is 11.3. The number of nitrogens with two attached hydrogens (primary N) is 1. The molecule has 0 spiro atoms. The molecule has 1 aromatic carbocycles. The second-order valence-electron chi connectivity index (χ2n) is 7.52. The molecule has 2 heterocycles.